The monoisotopic (exact) mass is 405 g/mol. The molecular weight excluding hydrogens is 378 g/mol. The highest BCUT2D eigenvalue weighted by Gasteiger charge is 2.34. The Morgan fingerprint density at radius 2 is 1.82 bits per heavy atom. The van der Waals surface area contributed by atoms with E-state index in [2.05, 4.69) is 48.8 Å². The third-order valence-corrected chi connectivity index (χ3v) is 4.46. The molecule has 0 bridgehead atoms. The molecule has 1 aliphatic rings. The topological polar surface area (TPSA) is 88.6 Å². The fourth-order valence-corrected chi connectivity index (χ4v) is 3.08. The van der Waals surface area contributed by atoms with Gasteiger partial charge in [-0.05, 0) is 52.8 Å². The van der Waals surface area contributed by atoms with Crippen molar-refractivity contribution in [3.63, 3.8) is 0 Å². The van der Waals surface area contributed by atoms with Gasteiger partial charge in [-0.3, -0.25) is 10.0 Å². The highest BCUT2D eigenvalue weighted by Crippen LogP contribution is 2.41. The summed E-state index contributed by atoms with van der Waals surface area (Å²) in [5.41, 5.74) is 5.11. The molecule has 0 saturated heterocycles. The zero-order valence-corrected chi connectivity index (χ0v) is 17.6. The van der Waals surface area contributed by atoms with E-state index in [-0.39, 0.29) is 12.1 Å². The van der Waals surface area contributed by atoms with Crippen molar-refractivity contribution >= 4 is 40.6 Å². The third-order valence-electron chi connectivity index (χ3n) is 4.23. The minimum absolute atomic E-state index is 0.182. The first kappa shape index (κ1) is 20.4. The van der Waals surface area contributed by atoms with Gasteiger partial charge in [0.1, 0.15) is 5.69 Å². The van der Waals surface area contributed by atoms with Crippen molar-refractivity contribution in [3.8, 4) is 0 Å². The number of hydrogen-bond donors (Lipinski definition) is 4. The molecule has 152 valence electrons. The quantitative estimate of drug-likeness (QED) is 0.556. The molecule has 8 nitrogen and oxygen atoms in total. The van der Waals surface area contributed by atoms with Gasteiger partial charge in [0.2, 0.25) is 5.95 Å². The second-order valence-corrected chi connectivity index (χ2v) is 7.90. The van der Waals surface area contributed by atoms with E-state index in [4.69, 9.17) is 16.6 Å². The molecule has 1 unspecified atom stereocenters. The highest BCUT2D eigenvalue weighted by atomic mass is 35.5. The van der Waals surface area contributed by atoms with Crippen LogP contribution in [0.15, 0.2) is 24.3 Å². The van der Waals surface area contributed by atoms with Crippen molar-refractivity contribution in [2.75, 3.05) is 27.2 Å². The Morgan fingerprint density at radius 3 is 2.43 bits per heavy atom. The number of hydrazine groups is 2. The smallest absolute Gasteiger partial charge is 0.226 e. The lowest BCUT2D eigenvalue weighted by Crippen LogP contribution is -2.50. The van der Waals surface area contributed by atoms with Crippen LogP contribution in [0.4, 0.5) is 29.0 Å². The number of benzene rings is 1. The fourth-order valence-electron chi connectivity index (χ4n) is 2.89. The van der Waals surface area contributed by atoms with Crippen LogP contribution in [-0.2, 0) is 0 Å². The van der Waals surface area contributed by atoms with E-state index in [0.717, 1.165) is 17.2 Å². The van der Waals surface area contributed by atoms with E-state index >= 15 is 0 Å². The Kier molecular flexibility index (Phi) is 6.12. The van der Waals surface area contributed by atoms with Gasteiger partial charge in [0.15, 0.2) is 11.6 Å². The molecule has 9 heteroatoms. The molecule has 0 saturated carbocycles. The van der Waals surface area contributed by atoms with Crippen LogP contribution in [0.2, 0.25) is 5.02 Å². The van der Waals surface area contributed by atoms with Gasteiger partial charge in [0.05, 0.1) is 6.10 Å². The number of halogens is 1. The lowest BCUT2D eigenvalue weighted by atomic mass is 10.2. The Balaban J connectivity index is 2.08. The first-order valence-corrected chi connectivity index (χ1v) is 9.85. The van der Waals surface area contributed by atoms with Gasteiger partial charge in [-0.1, -0.05) is 17.7 Å². The van der Waals surface area contributed by atoms with Crippen LogP contribution >= 0.6 is 11.6 Å². The number of aromatic nitrogens is 2. The predicted molar refractivity (Wildman–Crippen MR) is 115 cm³/mol. The minimum Gasteiger partial charge on any atom is -0.392 e. The van der Waals surface area contributed by atoms with Crippen LogP contribution in [0.25, 0.3) is 0 Å². The van der Waals surface area contributed by atoms with Gasteiger partial charge in [-0.15, -0.1) is 5.53 Å². The Bertz CT molecular complexity index is 828. The van der Waals surface area contributed by atoms with E-state index in [1.54, 1.807) is 6.92 Å². The summed E-state index contributed by atoms with van der Waals surface area (Å²) >= 11 is 6.14. The molecule has 0 aliphatic carbocycles. The van der Waals surface area contributed by atoms with Gasteiger partial charge >= 0.3 is 0 Å². The standard InChI is InChI=1S/C19H28ClN7O/c1-11(2)26-16-17(22-15-8-6-7-14(20)9-15)23-19(21-10-13(5)28)24-18(16)27(25-26)12(3)4/h6-9,11-13,25,28H,10H2,1-5H3,(H2,21,22,23,24). The maximum atomic E-state index is 9.62. The van der Waals surface area contributed by atoms with Crippen molar-refractivity contribution in [2.45, 2.75) is 52.8 Å². The number of rotatable bonds is 7. The number of anilines is 5. The molecule has 1 atom stereocenters. The van der Waals surface area contributed by atoms with Gasteiger partial charge in [0, 0.05) is 29.3 Å². The largest absolute Gasteiger partial charge is 0.392 e. The fraction of sp³-hybridized carbons (Fsp3) is 0.474. The van der Waals surface area contributed by atoms with Crippen molar-refractivity contribution in [1.82, 2.24) is 15.5 Å². The molecule has 1 aromatic carbocycles. The number of aliphatic hydroxyl groups excluding tert-OH is 1. The molecule has 1 aliphatic heterocycles. The van der Waals surface area contributed by atoms with E-state index in [9.17, 15) is 5.11 Å². The zero-order chi connectivity index (χ0) is 20.4. The van der Waals surface area contributed by atoms with Crippen molar-refractivity contribution in [1.29, 1.82) is 0 Å². The third kappa shape index (κ3) is 4.40. The highest BCUT2D eigenvalue weighted by molar-refractivity contribution is 6.30. The summed E-state index contributed by atoms with van der Waals surface area (Å²) in [6, 6.07) is 7.86. The lowest BCUT2D eigenvalue weighted by Gasteiger charge is -2.27. The zero-order valence-electron chi connectivity index (χ0n) is 16.9. The van der Waals surface area contributed by atoms with Crippen LogP contribution in [0.3, 0.4) is 0 Å². The number of hydrogen-bond acceptors (Lipinski definition) is 8. The second-order valence-electron chi connectivity index (χ2n) is 7.46. The summed E-state index contributed by atoms with van der Waals surface area (Å²) < 4.78 is 0. The van der Waals surface area contributed by atoms with E-state index in [1.165, 1.54) is 0 Å². The molecule has 0 fully saturated rings. The maximum absolute atomic E-state index is 9.62. The second kappa shape index (κ2) is 8.38. The van der Waals surface area contributed by atoms with Gasteiger partial charge in [0.25, 0.3) is 0 Å². The van der Waals surface area contributed by atoms with Gasteiger partial charge in [-0.2, -0.15) is 9.97 Å². The normalized spacial score (nSPS) is 14.6. The number of aliphatic hydroxyl groups is 1. The summed E-state index contributed by atoms with van der Waals surface area (Å²) in [5.74, 6) is 1.88. The summed E-state index contributed by atoms with van der Waals surface area (Å²) in [7, 11) is 0. The Labute approximate surface area is 170 Å². The van der Waals surface area contributed by atoms with Crippen molar-refractivity contribution in [3.05, 3.63) is 29.3 Å². The SMILES string of the molecule is CC(O)CNc1nc(Nc2cccc(Cl)c2)c2c(n1)N(C(C)C)NN2C(C)C. The molecule has 0 radical (unpaired) electrons. The van der Waals surface area contributed by atoms with Crippen molar-refractivity contribution < 1.29 is 5.11 Å². The van der Waals surface area contributed by atoms with Crippen molar-refractivity contribution in [2.24, 2.45) is 0 Å². The predicted octanol–water partition coefficient (Wildman–Crippen LogP) is 3.53. The molecule has 0 amide bonds. The molecule has 4 N–H and O–H groups in total. The summed E-state index contributed by atoms with van der Waals surface area (Å²) in [5, 5.41) is 20.8. The molecule has 2 heterocycles. The van der Waals surface area contributed by atoms with Crippen LogP contribution < -0.4 is 26.2 Å². The summed E-state index contributed by atoms with van der Waals surface area (Å²) in [4.78, 5) is 9.37. The average Bonchev–Trinajstić information content (AvgIpc) is 3.00. The summed E-state index contributed by atoms with van der Waals surface area (Å²) in [6.45, 7) is 10.5. The molecule has 2 aromatic rings. The molecule has 0 spiro atoms. The van der Waals surface area contributed by atoms with Crippen LogP contribution in [0.1, 0.15) is 34.6 Å². The maximum Gasteiger partial charge on any atom is 0.226 e. The number of nitrogens with zero attached hydrogens (tertiary/aromatic N) is 4. The number of nitrogens with one attached hydrogen (secondary N) is 3. The average molecular weight is 406 g/mol. The number of fused-ring (bicyclic) bond motifs is 1. The Morgan fingerprint density at radius 1 is 1.11 bits per heavy atom. The first-order valence-electron chi connectivity index (χ1n) is 9.47. The minimum atomic E-state index is -0.507. The van der Waals surface area contributed by atoms with Crippen LogP contribution in [0, 0.1) is 0 Å². The van der Waals surface area contributed by atoms with Gasteiger partial charge in [-0.25, -0.2) is 0 Å². The van der Waals surface area contributed by atoms with Gasteiger partial charge < -0.3 is 15.7 Å². The molecule has 1 aromatic heterocycles. The molecular formula is C19H28ClN7O. The first-order chi connectivity index (χ1) is 13.3. The lowest BCUT2D eigenvalue weighted by molar-refractivity contribution is 0.208. The van der Waals surface area contributed by atoms with E-state index in [0.29, 0.717) is 23.3 Å². The summed E-state index contributed by atoms with van der Waals surface area (Å²) in [6.07, 6.45) is -0.507. The Hall–Kier alpha value is -2.29. The van der Waals surface area contributed by atoms with Crippen LogP contribution in [0.5, 0.6) is 0 Å². The molecule has 3 rings (SSSR count). The van der Waals surface area contributed by atoms with E-state index < -0.39 is 6.10 Å². The van der Waals surface area contributed by atoms with E-state index in [1.807, 2.05) is 34.3 Å². The van der Waals surface area contributed by atoms with Crippen LogP contribution in [-0.4, -0.2) is 39.8 Å². The molecule has 28 heavy (non-hydrogen) atoms.